The van der Waals surface area contributed by atoms with Gasteiger partial charge in [0.05, 0.1) is 13.5 Å². The molecule has 0 aromatic heterocycles. The van der Waals surface area contributed by atoms with Crippen LogP contribution in [-0.4, -0.2) is 67.9 Å². The van der Waals surface area contributed by atoms with Crippen molar-refractivity contribution in [2.75, 3.05) is 43.4 Å². The SMILES string of the molecule is COC(=O)[C@H](Cc1ccc(N(CCCl)CCCl)cc1)NC(=O)CC(C)(C)c1c(C)cc(C)cc1OC(=O)CCNC(C)(C)C. The molecular formula is C34H49Cl2N3O5. The number of benzene rings is 2. The van der Waals surface area contributed by atoms with Gasteiger partial charge in [0.25, 0.3) is 0 Å². The van der Waals surface area contributed by atoms with Crippen molar-refractivity contribution in [2.24, 2.45) is 0 Å². The molecule has 0 saturated heterocycles. The molecule has 0 aliphatic heterocycles. The number of hydrogen-bond donors (Lipinski definition) is 2. The molecule has 0 aliphatic carbocycles. The summed E-state index contributed by atoms with van der Waals surface area (Å²) in [5.74, 6) is 0.209. The number of nitrogens with one attached hydrogen (secondary N) is 2. The minimum absolute atomic E-state index is 0.0608. The third-order valence-electron chi connectivity index (χ3n) is 7.20. The average Bonchev–Trinajstić information content (AvgIpc) is 2.91. The monoisotopic (exact) mass is 649 g/mol. The van der Waals surface area contributed by atoms with Gasteiger partial charge >= 0.3 is 11.9 Å². The number of nitrogens with zero attached hydrogens (tertiary/aromatic N) is 1. The molecule has 0 unspecified atom stereocenters. The first-order valence-corrected chi connectivity index (χ1v) is 16.1. The molecule has 2 aromatic carbocycles. The van der Waals surface area contributed by atoms with Crippen LogP contribution in [-0.2, 0) is 31.0 Å². The van der Waals surface area contributed by atoms with Gasteiger partial charge in [-0.2, -0.15) is 0 Å². The molecule has 1 atom stereocenters. The molecule has 10 heteroatoms. The lowest BCUT2D eigenvalue weighted by atomic mass is 9.78. The Balaban J connectivity index is 2.20. The molecule has 8 nitrogen and oxygen atoms in total. The van der Waals surface area contributed by atoms with Gasteiger partial charge in [-0.05, 0) is 69.5 Å². The topological polar surface area (TPSA) is 97.0 Å². The molecule has 244 valence electrons. The number of rotatable bonds is 16. The van der Waals surface area contributed by atoms with Gasteiger partial charge in [-0.15, -0.1) is 23.2 Å². The van der Waals surface area contributed by atoms with Crippen LogP contribution in [0.25, 0.3) is 0 Å². The number of alkyl halides is 2. The van der Waals surface area contributed by atoms with Gasteiger partial charge in [0.2, 0.25) is 5.91 Å². The largest absolute Gasteiger partial charge is 0.467 e. The maximum Gasteiger partial charge on any atom is 0.328 e. The van der Waals surface area contributed by atoms with Crippen LogP contribution in [0.4, 0.5) is 5.69 Å². The highest BCUT2D eigenvalue weighted by molar-refractivity contribution is 6.18. The summed E-state index contributed by atoms with van der Waals surface area (Å²) in [6.45, 7) is 15.7. The third-order valence-corrected chi connectivity index (χ3v) is 7.54. The van der Waals surface area contributed by atoms with Gasteiger partial charge in [0.15, 0.2) is 0 Å². The molecule has 0 bridgehead atoms. The number of ether oxygens (including phenoxy) is 2. The second-order valence-corrected chi connectivity index (χ2v) is 13.6. The first-order chi connectivity index (χ1) is 20.6. The fourth-order valence-electron chi connectivity index (χ4n) is 5.31. The number of methoxy groups -OCH3 is 1. The van der Waals surface area contributed by atoms with Gasteiger partial charge in [-0.3, -0.25) is 9.59 Å². The Morgan fingerprint density at radius 3 is 2.11 bits per heavy atom. The Hall–Kier alpha value is -2.81. The number of amides is 1. The lowest BCUT2D eigenvalue weighted by Crippen LogP contribution is -2.44. The zero-order valence-corrected chi connectivity index (χ0v) is 29.0. The Bertz CT molecular complexity index is 1250. The first-order valence-electron chi connectivity index (χ1n) is 15.0. The summed E-state index contributed by atoms with van der Waals surface area (Å²) in [4.78, 5) is 41.0. The van der Waals surface area contributed by atoms with E-state index in [1.807, 2.05) is 84.9 Å². The lowest BCUT2D eigenvalue weighted by molar-refractivity contribution is -0.145. The second kappa shape index (κ2) is 17.0. The highest BCUT2D eigenvalue weighted by Crippen LogP contribution is 2.38. The predicted octanol–water partition coefficient (Wildman–Crippen LogP) is 5.84. The van der Waals surface area contributed by atoms with E-state index >= 15 is 0 Å². The molecular weight excluding hydrogens is 601 g/mol. The van der Waals surface area contributed by atoms with E-state index in [4.69, 9.17) is 32.7 Å². The Labute approximate surface area is 273 Å². The van der Waals surface area contributed by atoms with Crippen LogP contribution in [0, 0.1) is 13.8 Å². The van der Waals surface area contributed by atoms with Crippen LogP contribution >= 0.6 is 23.2 Å². The zero-order chi connectivity index (χ0) is 33.1. The van der Waals surface area contributed by atoms with E-state index in [9.17, 15) is 14.4 Å². The molecule has 0 heterocycles. The number of anilines is 1. The normalized spacial score (nSPS) is 12.4. The fourth-order valence-corrected chi connectivity index (χ4v) is 5.72. The van der Waals surface area contributed by atoms with Crippen LogP contribution in [0.1, 0.15) is 69.7 Å². The Morgan fingerprint density at radius 1 is 0.955 bits per heavy atom. The number of aryl methyl sites for hydroxylation is 2. The molecule has 1 amide bonds. The number of esters is 2. The summed E-state index contributed by atoms with van der Waals surface area (Å²) in [5, 5.41) is 6.17. The summed E-state index contributed by atoms with van der Waals surface area (Å²) in [6, 6.07) is 10.7. The van der Waals surface area contributed by atoms with Crippen LogP contribution in [0.15, 0.2) is 36.4 Å². The number of carbonyl (C=O) groups excluding carboxylic acids is 3. The van der Waals surface area contributed by atoms with Gasteiger partial charge in [0.1, 0.15) is 11.8 Å². The minimum Gasteiger partial charge on any atom is -0.467 e. The van der Waals surface area contributed by atoms with Gasteiger partial charge in [0, 0.05) is 66.4 Å². The van der Waals surface area contributed by atoms with Crippen LogP contribution in [0.2, 0.25) is 0 Å². The van der Waals surface area contributed by atoms with Gasteiger partial charge in [-0.1, -0.05) is 32.0 Å². The molecule has 2 aromatic rings. The van der Waals surface area contributed by atoms with Crippen molar-refractivity contribution in [3.8, 4) is 5.75 Å². The fraction of sp³-hybridized carbons (Fsp3) is 0.559. The summed E-state index contributed by atoms with van der Waals surface area (Å²) in [5.41, 5.74) is 3.67. The summed E-state index contributed by atoms with van der Waals surface area (Å²) < 4.78 is 10.9. The van der Waals surface area contributed by atoms with Crippen molar-refractivity contribution in [2.45, 2.75) is 84.7 Å². The summed E-state index contributed by atoms with van der Waals surface area (Å²) in [7, 11) is 1.30. The van der Waals surface area contributed by atoms with E-state index in [1.54, 1.807) is 0 Å². The molecule has 0 aliphatic rings. The number of halogens is 2. The molecule has 0 fully saturated rings. The highest BCUT2D eigenvalue weighted by atomic mass is 35.5. The van der Waals surface area contributed by atoms with E-state index in [-0.39, 0.29) is 36.7 Å². The smallest absolute Gasteiger partial charge is 0.328 e. The quantitative estimate of drug-likeness (QED) is 0.134. The van der Waals surface area contributed by atoms with E-state index in [2.05, 4.69) is 15.5 Å². The van der Waals surface area contributed by atoms with E-state index < -0.39 is 17.4 Å². The average molecular weight is 651 g/mol. The van der Waals surface area contributed by atoms with Crippen LogP contribution in [0.5, 0.6) is 5.75 Å². The van der Waals surface area contributed by atoms with Gasteiger partial charge < -0.3 is 25.0 Å². The molecule has 2 N–H and O–H groups in total. The molecule has 0 spiro atoms. The summed E-state index contributed by atoms with van der Waals surface area (Å²) >= 11 is 11.9. The van der Waals surface area contributed by atoms with Crippen molar-refractivity contribution >= 4 is 46.7 Å². The zero-order valence-electron chi connectivity index (χ0n) is 27.4. The van der Waals surface area contributed by atoms with Crippen molar-refractivity contribution in [1.29, 1.82) is 0 Å². The number of carbonyl (C=O) groups is 3. The number of hydrogen-bond acceptors (Lipinski definition) is 7. The van der Waals surface area contributed by atoms with Crippen molar-refractivity contribution < 1.29 is 23.9 Å². The third kappa shape index (κ3) is 11.9. The lowest BCUT2D eigenvalue weighted by Gasteiger charge is -2.30. The van der Waals surface area contributed by atoms with Gasteiger partial charge in [-0.25, -0.2) is 4.79 Å². The molecule has 0 saturated carbocycles. The first kappa shape index (κ1) is 37.4. The Morgan fingerprint density at radius 2 is 1.57 bits per heavy atom. The summed E-state index contributed by atoms with van der Waals surface area (Å²) in [6.07, 6.45) is 0.536. The van der Waals surface area contributed by atoms with E-state index in [1.165, 1.54) is 7.11 Å². The maximum absolute atomic E-state index is 13.4. The predicted molar refractivity (Wildman–Crippen MR) is 179 cm³/mol. The second-order valence-electron chi connectivity index (χ2n) is 12.8. The van der Waals surface area contributed by atoms with Crippen molar-refractivity contribution in [3.05, 3.63) is 58.7 Å². The van der Waals surface area contributed by atoms with Crippen LogP contribution < -0.4 is 20.3 Å². The molecule has 44 heavy (non-hydrogen) atoms. The molecule has 0 radical (unpaired) electrons. The van der Waals surface area contributed by atoms with E-state index in [0.717, 1.165) is 27.9 Å². The molecule has 2 rings (SSSR count). The highest BCUT2D eigenvalue weighted by Gasteiger charge is 2.32. The standard InChI is InChI=1S/C34H49Cl2N3O5/c1-23-19-24(2)31(28(20-23)44-30(41)13-16-37-33(3,4)5)34(6,7)22-29(40)38-27(32(42)43-8)21-25-9-11-26(12-10-25)39(17-14-35)18-15-36/h9-12,19-20,27,37H,13-18,21-22H2,1-8H3,(H,38,40)/t27-/m0/s1. The van der Waals surface area contributed by atoms with Crippen LogP contribution in [0.3, 0.4) is 0 Å². The Kier molecular flexibility index (Phi) is 14.5. The van der Waals surface area contributed by atoms with Crippen molar-refractivity contribution in [1.82, 2.24) is 10.6 Å². The van der Waals surface area contributed by atoms with Crippen molar-refractivity contribution in [3.63, 3.8) is 0 Å². The van der Waals surface area contributed by atoms with E-state index in [0.29, 0.717) is 37.1 Å². The maximum atomic E-state index is 13.4. The minimum atomic E-state index is -0.873.